The highest BCUT2D eigenvalue weighted by atomic mass is 16.5. The first-order valence-electron chi connectivity index (χ1n) is 5.93. The predicted octanol–water partition coefficient (Wildman–Crippen LogP) is 2.92. The Bertz CT molecular complexity index is 104. The summed E-state index contributed by atoms with van der Waals surface area (Å²) in [5, 5.41) is 0. The molecule has 0 amide bonds. The summed E-state index contributed by atoms with van der Waals surface area (Å²) in [4.78, 5) is 2.46. The van der Waals surface area contributed by atoms with Crippen LogP contribution < -0.4 is 0 Å². The molecule has 0 aliphatic carbocycles. The van der Waals surface area contributed by atoms with E-state index in [9.17, 15) is 0 Å². The smallest absolute Gasteiger partial charge is 0.0466 e. The summed E-state index contributed by atoms with van der Waals surface area (Å²) < 4.78 is 4.94. The van der Waals surface area contributed by atoms with Crippen LogP contribution in [0.15, 0.2) is 0 Å². The minimum atomic E-state index is 0.690. The molecule has 0 radical (unpaired) electrons. The highest BCUT2D eigenvalue weighted by molar-refractivity contribution is 4.64. The molecule has 0 aromatic rings. The van der Waals surface area contributed by atoms with Crippen LogP contribution in [-0.4, -0.2) is 36.7 Å². The van der Waals surface area contributed by atoms with Crippen LogP contribution in [0.5, 0.6) is 0 Å². The lowest BCUT2D eigenvalue weighted by molar-refractivity contribution is 0.185. The average molecular weight is 201 g/mol. The topological polar surface area (TPSA) is 12.5 Å². The largest absolute Gasteiger partial charge is 0.381 e. The van der Waals surface area contributed by atoms with Crippen molar-refractivity contribution in [1.29, 1.82) is 0 Å². The number of ether oxygens (including phenoxy) is 1. The molecular formula is C12H27NO. The van der Waals surface area contributed by atoms with Crippen molar-refractivity contribution in [2.45, 2.75) is 59.5 Å². The highest BCUT2D eigenvalue weighted by Crippen LogP contribution is 2.02. The molecule has 0 N–H and O–H groups in total. The molecular weight excluding hydrogens is 174 g/mol. The van der Waals surface area contributed by atoms with Crippen molar-refractivity contribution in [1.82, 2.24) is 4.90 Å². The van der Waals surface area contributed by atoms with Crippen LogP contribution in [-0.2, 0) is 4.74 Å². The number of nitrogens with zero attached hydrogens (tertiary/aromatic N) is 1. The molecule has 0 bridgehead atoms. The molecule has 86 valence electrons. The van der Waals surface area contributed by atoms with Crippen LogP contribution in [0.25, 0.3) is 0 Å². The fourth-order valence-corrected chi connectivity index (χ4v) is 1.84. The maximum absolute atomic E-state index is 4.94. The van der Waals surface area contributed by atoms with E-state index in [4.69, 9.17) is 4.74 Å². The molecule has 1 fully saturated rings. The van der Waals surface area contributed by atoms with Gasteiger partial charge in [-0.3, -0.25) is 4.90 Å². The zero-order valence-electron chi connectivity index (χ0n) is 10.5. The predicted molar refractivity (Wildman–Crippen MR) is 62.7 cm³/mol. The van der Waals surface area contributed by atoms with Gasteiger partial charge in [-0.05, 0) is 47.1 Å². The lowest BCUT2D eigenvalue weighted by atomic mass is 10.2. The summed E-state index contributed by atoms with van der Waals surface area (Å²) >= 11 is 0. The minimum Gasteiger partial charge on any atom is -0.381 e. The SMILES string of the molecule is C1CCOC1.CCN(C(C)C)C(C)C. The Hall–Kier alpha value is -0.0800. The van der Waals surface area contributed by atoms with Gasteiger partial charge in [-0.2, -0.15) is 0 Å². The molecule has 0 spiro atoms. The first-order valence-corrected chi connectivity index (χ1v) is 5.93. The van der Waals surface area contributed by atoms with E-state index in [1.165, 1.54) is 12.8 Å². The van der Waals surface area contributed by atoms with Crippen LogP contribution in [0.1, 0.15) is 47.5 Å². The Labute approximate surface area is 89.6 Å². The van der Waals surface area contributed by atoms with E-state index in [1.54, 1.807) is 0 Å². The molecule has 1 heterocycles. The van der Waals surface area contributed by atoms with Crippen LogP contribution in [0.4, 0.5) is 0 Å². The molecule has 2 nitrogen and oxygen atoms in total. The number of hydrogen-bond acceptors (Lipinski definition) is 2. The maximum atomic E-state index is 4.94. The molecule has 1 saturated heterocycles. The summed E-state index contributed by atoms with van der Waals surface area (Å²) in [6, 6.07) is 1.38. The molecule has 1 aliphatic heterocycles. The van der Waals surface area contributed by atoms with Crippen LogP contribution >= 0.6 is 0 Å². The molecule has 0 unspecified atom stereocenters. The molecule has 0 atom stereocenters. The third-order valence-corrected chi connectivity index (χ3v) is 2.52. The quantitative estimate of drug-likeness (QED) is 0.696. The monoisotopic (exact) mass is 201 g/mol. The molecule has 0 aromatic carbocycles. The van der Waals surface area contributed by atoms with Crippen molar-refractivity contribution < 1.29 is 4.74 Å². The third-order valence-electron chi connectivity index (χ3n) is 2.52. The van der Waals surface area contributed by atoms with Gasteiger partial charge in [0.05, 0.1) is 0 Å². The number of rotatable bonds is 3. The summed E-state index contributed by atoms with van der Waals surface area (Å²) in [5.41, 5.74) is 0. The Morgan fingerprint density at radius 2 is 1.43 bits per heavy atom. The van der Waals surface area contributed by atoms with Gasteiger partial charge in [0, 0.05) is 25.3 Å². The van der Waals surface area contributed by atoms with Gasteiger partial charge in [-0.1, -0.05) is 6.92 Å². The van der Waals surface area contributed by atoms with Gasteiger partial charge in [0.1, 0.15) is 0 Å². The summed E-state index contributed by atoms with van der Waals surface area (Å²) in [5.74, 6) is 0. The zero-order valence-corrected chi connectivity index (χ0v) is 10.5. The summed E-state index contributed by atoms with van der Waals surface area (Å²) in [6.07, 6.45) is 2.56. The van der Waals surface area contributed by atoms with Gasteiger partial charge in [-0.25, -0.2) is 0 Å². The number of hydrogen-bond donors (Lipinski definition) is 0. The zero-order chi connectivity index (χ0) is 11.0. The second-order valence-corrected chi connectivity index (χ2v) is 4.34. The van der Waals surface area contributed by atoms with Crippen LogP contribution in [0.2, 0.25) is 0 Å². The molecule has 1 aliphatic rings. The van der Waals surface area contributed by atoms with E-state index >= 15 is 0 Å². The van der Waals surface area contributed by atoms with Gasteiger partial charge in [-0.15, -0.1) is 0 Å². The van der Waals surface area contributed by atoms with Gasteiger partial charge in [0.15, 0.2) is 0 Å². The lowest BCUT2D eigenvalue weighted by Gasteiger charge is -2.28. The summed E-state index contributed by atoms with van der Waals surface area (Å²) in [6.45, 7) is 14.3. The Morgan fingerprint density at radius 3 is 1.50 bits per heavy atom. The van der Waals surface area contributed by atoms with E-state index in [0.29, 0.717) is 12.1 Å². The third kappa shape index (κ3) is 6.39. The first-order chi connectivity index (χ1) is 6.59. The highest BCUT2D eigenvalue weighted by Gasteiger charge is 2.08. The van der Waals surface area contributed by atoms with E-state index < -0.39 is 0 Å². The average Bonchev–Trinajstić information content (AvgIpc) is 2.59. The van der Waals surface area contributed by atoms with Crippen molar-refractivity contribution in [3.63, 3.8) is 0 Å². The molecule has 14 heavy (non-hydrogen) atoms. The van der Waals surface area contributed by atoms with Gasteiger partial charge in [0.2, 0.25) is 0 Å². The molecule has 0 aromatic heterocycles. The molecule has 1 rings (SSSR count). The Kier molecular flexibility index (Phi) is 8.20. The standard InChI is InChI=1S/C8H19N.C4H8O/c1-6-9(7(2)3)8(4)5;1-2-4-5-3-1/h7-8H,6H2,1-5H3;1-4H2. The van der Waals surface area contributed by atoms with E-state index in [0.717, 1.165) is 19.8 Å². The van der Waals surface area contributed by atoms with Crippen LogP contribution in [0.3, 0.4) is 0 Å². The van der Waals surface area contributed by atoms with Crippen molar-refractivity contribution in [2.75, 3.05) is 19.8 Å². The van der Waals surface area contributed by atoms with Crippen molar-refractivity contribution in [2.24, 2.45) is 0 Å². The van der Waals surface area contributed by atoms with Gasteiger partial charge >= 0.3 is 0 Å². The van der Waals surface area contributed by atoms with Crippen LogP contribution in [0, 0.1) is 0 Å². The fraction of sp³-hybridized carbons (Fsp3) is 1.00. The van der Waals surface area contributed by atoms with Crippen molar-refractivity contribution in [3.8, 4) is 0 Å². The maximum Gasteiger partial charge on any atom is 0.0466 e. The van der Waals surface area contributed by atoms with Crippen molar-refractivity contribution >= 4 is 0 Å². The summed E-state index contributed by atoms with van der Waals surface area (Å²) in [7, 11) is 0. The molecule has 2 heteroatoms. The second-order valence-electron chi connectivity index (χ2n) is 4.34. The Balaban J connectivity index is 0.000000280. The fourth-order valence-electron chi connectivity index (χ4n) is 1.84. The second kappa shape index (κ2) is 8.25. The van der Waals surface area contributed by atoms with Gasteiger partial charge < -0.3 is 4.74 Å². The van der Waals surface area contributed by atoms with Gasteiger partial charge in [0.25, 0.3) is 0 Å². The lowest BCUT2D eigenvalue weighted by Crippen LogP contribution is -2.36. The molecule has 0 saturated carbocycles. The normalized spacial score (nSPS) is 16.3. The van der Waals surface area contributed by atoms with Crippen molar-refractivity contribution in [3.05, 3.63) is 0 Å². The Morgan fingerprint density at radius 1 is 1.00 bits per heavy atom. The first kappa shape index (κ1) is 13.9. The van der Waals surface area contributed by atoms with E-state index in [2.05, 4.69) is 39.5 Å². The van der Waals surface area contributed by atoms with E-state index in [1.807, 2.05) is 0 Å². The minimum absolute atomic E-state index is 0.690. The van der Waals surface area contributed by atoms with E-state index in [-0.39, 0.29) is 0 Å².